The molecule has 0 fully saturated rings. The van der Waals surface area contributed by atoms with Crippen LogP contribution in [0.1, 0.15) is 31.5 Å². The van der Waals surface area contributed by atoms with Crippen LogP contribution in [0.4, 0.5) is 5.82 Å². The van der Waals surface area contributed by atoms with Gasteiger partial charge < -0.3 is 10.6 Å². The molecule has 2 aromatic heterocycles. The summed E-state index contributed by atoms with van der Waals surface area (Å²) in [6.07, 6.45) is 3.81. The Bertz CT molecular complexity index is 612. The fourth-order valence-corrected chi connectivity index (χ4v) is 2.42. The van der Waals surface area contributed by atoms with E-state index in [0.717, 1.165) is 43.1 Å². The molecule has 0 aromatic carbocycles. The summed E-state index contributed by atoms with van der Waals surface area (Å²) in [6, 6.07) is 6.22. The van der Waals surface area contributed by atoms with E-state index in [4.69, 9.17) is 9.97 Å². The zero-order chi connectivity index (χ0) is 14.7. The van der Waals surface area contributed by atoms with E-state index in [1.54, 1.807) is 6.20 Å². The van der Waals surface area contributed by atoms with Crippen molar-refractivity contribution in [2.75, 3.05) is 11.9 Å². The first-order valence-corrected chi connectivity index (χ1v) is 7.56. The van der Waals surface area contributed by atoms with Gasteiger partial charge in [-0.1, -0.05) is 13.0 Å². The topological polar surface area (TPSA) is 62.7 Å². The molecule has 1 unspecified atom stereocenters. The lowest BCUT2D eigenvalue weighted by Crippen LogP contribution is -2.28. The van der Waals surface area contributed by atoms with Gasteiger partial charge in [0.15, 0.2) is 5.82 Å². The van der Waals surface area contributed by atoms with Gasteiger partial charge in [0.05, 0.1) is 5.69 Å². The Hall–Kier alpha value is -2.01. The van der Waals surface area contributed by atoms with Gasteiger partial charge in [0.1, 0.15) is 11.5 Å². The first-order chi connectivity index (χ1) is 10.3. The Labute approximate surface area is 125 Å². The van der Waals surface area contributed by atoms with E-state index in [9.17, 15) is 0 Å². The van der Waals surface area contributed by atoms with Crippen molar-refractivity contribution < 1.29 is 0 Å². The summed E-state index contributed by atoms with van der Waals surface area (Å²) >= 11 is 0. The number of anilines is 1. The molecule has 0 bridgehead atoms. The third-order valence-corrected chi connectivity index (χ3v) is 3.83. The van der Waals surface area contributed by atoms with E-state index >= 15 is 0 Å². The number of fused-ring (bicyclic) bond motifs is 1. The standard InChI is InChI=1S/C16H21N5/c1-3-11(2)19-15-12-7-9-17-10-14(12)20-16(21-15)13-6-4-5-8-18-13/h4-6,8,11,17H,3,7,9-10H2,1-2H3,(H,19,20,21). The number of pyridine rings is 1. The van der Waals surface area contributed by atoms with Gasteiger partial charge >= 0.3 is 0 Å². The van der Waals surface area contributed by atoms with Gasteiger partial charge in [0.2, 0.25) is 0 Å². The number of rotatable bonds is 4. The zero-order valence-electron chi connectivity index (χ0n) is 12.6. The van der Waals surface area contributed by atoms with Crippen molar-refractivity contribution in [3.63, 3.8) is 0 Å². The van der Waals surface area contributed by atoms with Gasteiger partial charge in [-0.2, -0.15) is 0 Å². The molecule has 2 aromatic rings. The minimum absolute atomic E-state index is 0.399. The van der Waals surface area contributed by atoms with Gasteiger partial charge in [0, 0.05) is 24.3 Å². The van der Waals surface area contributed by atoms with E-state index in [1.165, 1.54) is 5.56 Å². The molecule has 0 saturated heterocycles. The molecule has 110 valence electrons. The van der Waals surface area contributed by atoms with Crippen LogP contribution >= 0.6 is 0 Å². The Morgan fingerprint density at radius 3 is 3.00 bits per heavy atom. The zero-order valence-corrected chi connectivity index (χ0v) is 12.6. The number of nitrogens with zero attached hydrogens (tertiary/aromatic N) is 3. The van der Waals surface area contributed by atoms with Crippen LogP contribution in [0.3, 0.4) is 0 Å². The molecule has 5 nitrogen and oxygen atoms in total. The van der Waals surface area contributed by atoms with Crippen LogP contribution in [-0.4, -0.2) is 27.5 Å². The van der Waals surface area contributed by atoms with Crippen molar-refractivity contribution >= 4 is 5.82 Å². The predicted octanol–water partition coefficient (Wildman–Crippen LogP) is 2.39. The first kappa shape index (κ1) is 13.9. The lowest BCUT2D eigenvalue weighted by Gasteiger charge is -2.22. The van der Waals surface area contributed by atoms with Gasteiger partial charge in [-0.15, -0.1) is 0 Å². The third-order valence-electron chi connectivity index (χ3n) is 3.83. The molecule has 3 rings (SSSR count). The summed E-state index contributed by atoms with van der Waals surface area (Å²) in [6.45, 7) is 6.13. The van der Waals surface area contributed by atoms with Crippen LogP contribution < -0.4 is 10.6 Å². The van der Waals surface area contributed by atoms with E-state index in [0.29, 0.717) is 11.9 Å². The number of hydrogen-bond donors (Lipinski definition) is 2. The second kappa shape index (κ2) is 6.18. The van der Waals surface area contributed by atoms with Gasteiger partial charge in [-0.05, 0) is 38.4 Å². The van der Waals surface area contributed by atoms with Gasteiger partial charge in [-0.25, -0.2) is 9.97 Å². The molecule has 0 radical (unpaired) electrons. The average Bonchev–Trinajstić information content (AvgIpc) is 2.55. The quantitative estimate of drug-likeness (QED) is 0.902. The van der Waals surface area contributed by atoms with Crippen LogP contribution in [0.5, 0.6) is 0 Å². The number of hydrogen-bond acceptors (Lipinski definition) is 5. The van der Waals surface area contributed by atoms with E-state index < -0.39 is 0 Å². The van der Waals surface area contributed by atoms with Gasteiger partial charge in [0.25, 0.3) is 0 Å². The Morgan fingerprint density at radius 1 is 1.33 bits per heavy atom. The Kier molecular flexibility index (Phi) is 4.10. The summed E-state index contributed by atoms with van der Waals surface area (Å²) in [5.41, 5.74) is 3.15. The molecule has 2 N–H and O–H groups in total. The maximum Gasteiger partial charge on any atom is 0.180 e. The molecule has 1 aliphatic rings. The molecular formula is C16H21N5. The maximum atomic E-state index is 4.73. The molecule has 5 heteroatoms. The fraction of sp³-hybridized carbons (Fsp3) is 0.438. The number of aromatic nitrogens is 3. The highest BCUT2D eigenvalue weighted by atomic mass is 15.1. The van der Waals surface area contributed by atoms with Crippen LogP contribution in [-0.2, 0) is 13.0 Å². The highest BCUT2D eigenvalue weighted by Crippen LogP contribution is 2.24. The monoisotopic (exact) mass is 283 g/mol. The lowest BCUT2D eigenvalue weighted by molar-refractivity contribution is 0.622. The predicted molar refractivity (Wildman–Crippen MR) is 84.0 cm³/mol. The van der Waals surface area contributed by atoms with Crippen molar-refractivity contribution in [3.05, 3.63) is 35.7 Å². The van der Waals surface area contributed by atoms with Crippen molar-refractivity contribution in [2.24, 2.45) is 0 Å². The molecule has 1 atom stereocenters. The molecule has 0 aliphatic carbocycles. The minimum atomic E-state index is 0.399. The van der Waals surface area contributed by atoms with Crippen LogP contribution in [0, 0.1) is 0 Å². The smallest absolute Gasteiger partial charge is 0.180 e. The highest BCUT2D eigenvalue weighted by molar-refractivity contribution is 5.57. The Balaban J connectivity index is 2.04. The molecule has 0 spiro atoms. The lowest BCUT2D eigenvalue weighted by atomic mass is 10.1. The summed E-state index contributed by atoms with van der Waals surface area (Å²) in [4.78, 5) is 13.8. The van der Waals surface area contributed by atoms with Crippen molar-refractivity contribution in [2.45, 2.75) is 39.3 Å². The van der Waals surface area contributed by atoms with E-state index in [2.05, 4.69) is 29.5 Å². The third kappa shape index (κ3) is 3.03. The summed E-state index contributed by atoms with van der Waals surface area (Å²) in [7, 11) is 0. The maximum absolute atomic E-state index is 4.73. The molecule has 3 heterocycles. The first-order valence-electron chi connectivity index (χ1n) is 7.56. The summed E-state index contributed by atoms with van der Waals surface area (Å²) in [5.74, 6) is 1.67. The van der Waals surface area contributed by atoms with Crippen LogP contribution in [0.2, 0.25) is 0 Å². The number of nitrogens with one attached hydrogen (secondary N) is 2. The van der Waals surface area contributed by atoms with Crippen molar-refractivity contribution in [3.8, 4) is 11.5 Å². The highest BCUT2D eigenvalue weighted by Gasteiger charge is 2.19. The minimum Gasteiger partial charge on any atom is -0.367 e. The molecular weight excluding hydrogens is 262 g/mol. The average molecular weight is 283 g/mol. The van der Waals surface area contributed by atoms with Crippen LogP contribution in [0.15, 0.2) is 24.4 Å². The molecule has 0 amide bonds. The second-order valence-electron chi connectivity index (χ2n) is 5.42. The Morgan fingerprint density at radius 2 is 2.24 bits per heavy atom. The SMILES string of the molecule is CCC(C)Nc1nc(-c2ccccn2)nc2c1CCNC2. The van der Waals surface area contributed by atoms with E-state index in [1.807, 2.05) is 18.2 Å². The summed E-state index contributed by atoms with van der Waals surface area (Å²) < 4.78 is 0. The van der Waals surface area contributed by atoms with Crippen molar-refractivity contribution in [1.82, 2.24) is 20.3 Å². The normalized spacial score (nSPS) is 15.3. The van der Waals surface area contributed by atoms with Crippen LogP contribution in [0.25, 0.3) is 11.5 Å². The summed E-state index contributed by atoms with van der Waals surface area (Å²) in [5, 5.41) is 6.90. The molecule has 0 saturated carbocycles. The fourth-order valence-electron chi connectivity index (χ4n) is 2.42. The second-order valence-corrected chi connectivity index (χ2v) is 5.42. The molecule has 1 aliphatic heterocycles. The van der Waals surface area contributed by atoms with E-state index in [-0.39, 0.29) is 0 Å². The molecule has 21 heavy (non-hydrogen) atoms. The largest absolute Gasteiger partial charge is 0.367 e. The van der Waals surface area contributed by atoms with Crippen molar-refractivity contribution in [1.29, 1.82) is 0 Å². The van der Waals surface area contributed by atoms with Gasteiger partial charge in [-0.3, -0.25) is 4.98 Å².